The summed E-state index contributed by atoms with van der Waals surface area (Å²) < 4.78 is 10.1. The number of nitrogens with zero attached hydrogens (tertiary/aromatic N) is 1. The number of hydrogen-bond acceptors (Lipinski definition) is 5. The van der Waals surface area contributed by atoms with Crippen molar-refractivity contribution in [3.8, 4) is 0 Å². The van der Waals surface area contributed by atoms with E-state index in [0.717, 1.165) is 12.2 Å². The van der Waals surface area contributed by atoms with E-state index < -0.39 is 0 Å². The van der Waals surface area contributed by atoms with E-state index in [1.165, 1.54) is 0 Å². The molecule has 6 nitrogen and oxygen atoms in total. The zero-order chi connectivity index (χ0) is 13.9. The highest BCUT2D eigenvalue weighted by molar-refractivity contribution is 5.93. The molecule has 1 amide bonds. The van der Waals surface area contributed by atoms with Gasteiger partial charge >= 0.3 is 0 Å². The second-order valence-electron chi connectivity index (χ2n) is 3.82. The molecule has 1 aromatic heterocycles. The Morgan fingerprint density at radius 1 is 1.37 bits per heavy atom. The van der Waals surface area contributed by atoms with Crippen LogP contribution in [0.15, 0.2) is 18.3 Å². The van der Waals surface area contributed by atoms with Crippen molar-refractivity contribution in [1.82, 2.24) is 10.3 Å². The van der Waals surface area contributed by atoms with Gasteiger partial charge in [-0.15, -0.1) is 0 Å². The van der Waals surface area contributed by atoms with Crippen LogP contribution in [-0.2, 0) is 9.47 Å². The van der Waals surface area contributed by atoms with Crippen LogP contribution in [0.1, 0.15) is 17.4 Å². The van der Waals surface area contributed by atoms with Gasteiger partial charge in [0, 0.05) is 32.1 Å². The summed E-state index contributed by atoms with van der Waals surface area (Å²) in [6.07, 6.45) is 1.61. The SMILES string of the molecule is CCNc1ccnc(C(=O)NCCOCCOC)c1. The molecule has 1 heterocycles. The summed E-state index contributed by atoms with van der Waals surface area (Å²) in [5.74, 6) is -0.199. The molecule has 0 aliphatic carbocycles. The lowest BCUT2D eigenvalue weighted by Crippen LogP contribution is -2.28. The minimum absolute atomic E-state index is 0.199. The topological polar surface area (TPSA) is 72.5 Å². The number of amides is 1. The average Bonchev–Trinajstić information content (AvgIpc) is 2.43. The Balaban J connectivity index is 2.30. The lowest BCUT2D eigenvalue weighted by Gasteiger charge is -2.07. The van der Waals surface area contributed by atoms with Gasteiger partial charge in [0.1, 0.15) is 5.69 Å². The molecule has 0 radical (unpaired) electrons. The van der Waals surface area contributed by atoms with E-state index in [1.807, 2.05) is 13.0 Å². The van der Waals surface area contributed by atoms with Crippen molar-refractivity contribution in [2.45, 2.75) is 6.92 Å². The number of carbonyl (C=O) groups is 1. The fourth-order valence-corrected chi connectivity index (χ4v) is 1.44. The fourth-order valence-electron chi connectivity index (χ4n) is 1.44. The van der Waals surface area contributed by atoms with E-state index in [9.17, 15) is 4.79 Å². The number of anilines is 1. The molecule has 0 aliphatic rings. The number of methoxy groups -OCH3 is 1. The van der Waals surface area contributed by atoms with Gasteiger partial charge in [-0.3, -0.25) is 9.78 Å². The highest BCUT2D eigenvalue weighted by atomic mass is 16.5. The van der Waals surface area contributed by atoms with E-state index in [2.05, 4.69) is 15.6 Å². The van der Waals surface area contributed by atoms with E-state index >= 15 is 0 Å². The minimum Gasteiger partial charge on any atom is -0.385 e. The zero-order valence-electron chi connectivity index (χ0n) is 11.4. The van der Waals surface area contributed by atoms with Crippen molar-refractivity contribution < 1.29 is 14.3 Å². The fraction of sp³-hybridized carbons (Fsp3) is 0.538. The standard InChI is InChI=1S/C13H21N3O3/c1-3-14-11-4-5-15-12(10-11)13(17)16-6-7-19-9-8-18-2/h4-5,10H,3,6-9H2,1-2H3,(H,14,15)(H,16,17). The summed E-state index contributed by atoms with van der Waals surface area (Å²) in [4.78, 5) is 15.8. The van der Waals surface area contributed by atoms with Crippen LogP contribution in [0.5, 0.6) is 0 Å². The predicted octanol–water partition coefficient (Wildman–Crippen LogP) is 0.906. The molecule has 0 aliphatic heterocycles. The number of aromatic nitrogens is 1. The van der Waals surface area contributed by atoms with Crippen LogP contribution in [0.2, 0.25) is 0 Å². The van der Waals surface area contributed by atoms with Crippen LogP contribution in [0.3, 0.4) is 0 Å². The Morgan fingerprint density at radius 3 is 2.95 bits per heavy atom. The third-order valence-corrected chi connectivity index (χ3v) is 2.34. The first-order valence-electron chi connectivity index (χ1n) is 6.32. The maximum Gasteiger partial charge on any atom is 0.270 e. The van der Waals surface area contributed by atoms with Gasteiger partial charge in [0.15, 0.2) is 0 Å². The summed E-state index contributed by atoms with van der Waals surface area (Å²) in [6, 6.07) is 3.55. The average molecular weight is 267 g/mol. The maximum absolute atomic E-state index is 11.8. The third kappa shape index (κ3) is 6.17. The Labute approximate surface area is 113 Å². The normalized spacial score (nSPS) is 10.2. The van der Waals surface area contributed by atoms with Crippen LogP contribution in [0, 0.1) is 0 Å². The second-order valence-corrected chi connectivity index (χ2v) is 3.82. The van der Waals surface area contributed by atoms with Gasteiger partial charge in [0.05, 0.1) is 19.8 Å². The summed E-state index contributed by atoms with van der Waals surface area (Å²) in [6.45, 7) is 4.80. The summed E-state index contributed by atoms with van der Waals surface area (Å²) in [5, 5.41) is 5.88. The van der Waals surface area contributed by atoms with E-state index in [1.54, 1.807) is 19.4 Å². The summed E-state index contributed by atoms with van der Waals surface area (Å²) in [5.41, 5.74) is 1.29. The molecule has 0 fully saturated rings. The van der Waals surface area contributed by atoms with Gasteiger partial charge in [0.25, 0.3) is 5.91 Å². The van der Waals surface area contributed by atoms with E-state index in [-0.39, 0.29) is 5.91 Å². The molecule has 0 saturated heterocycles. The summed E-state index contributed by atoms with van der Waals surface area (Å²) >= 11 is 0. The Hall–Kier alpha value is -1.66. The first kappa shape index (κ1) is 15.4. The third-order valence-electron chi connectivity index (χ3n) is 2.34. The molecule has 6 heteroatoms. The summed E-state index contributed by atoms with van der Waals surface area (Å²) in [7, 11) is 1.62. The zero-order valence-corrected chi connectivity index (χ0v) is 11.4. The quantitative estimate of drug-likeness (QED) is 0.651. The van der Waals surface area contributed by atoms with Crippen LogP contribution in [0.4, 0.5) is 5.69 Å². The van der Waals surface area contributed by atoms with Gasteiger partial charge in [-0.25, -0.2) is 0 Å². The van der Waals surface area contributed by atoms with Crippen LogP contribution in [-0.4, -0.2) is 50.9 Å². The molecular formula is C13H21N3O3. The van der Waals surface area contributed by atoms with Crippen molar-refractivity contribution in [2.24, 2.45) is 0 Å². The van der Waals surface area contributed by atoms with Gasteiger partial charge < -0.3 is 20.1 Å². The van der Waals surface area contributed by atoms with E-state index in [0.29, 0.717) is 32.1 Å². The molecule has 0 spiro atoms. The molecule has 19 heavy (non-hydrogen) atoms. The first-order valence-corrected chi connectivity index (χ1v) is 6.32. The number of carbonyl (C=O) groups excluding carboxylic acids is 1. The highest BCUT2D eigenvalue weighted by Crippen LogP contribution is 2.07. The molecule has 0 bridgehead atoms. The van der Waals surface area contributed by atoms with Crippen molar-refractivity contribution in [1.29, 1.82) is 0 Å². The molecular weight excluding hydrogens is 246 g/mol. The van der Waals surface area contributed by atoms with E-state index in [4.69, 9.17) is 9.47 Å². The lowest BCUT2D eigenvalue weighted by molar-refractivity contribution is 0.0692. The Bertz CT molecular complexity index is 385. The maximum atomic E-state index is 11.8. The van der Waals surface area contributed by atoms with Crippen LogP contribution < -0.4 is 10.6 Å². The number of nitrogens with one attached hydrogen (secondary N) is 2. The van der Waals surface area contributed by atoms with Crippen molar-refractivity contribution >= 4 is 11.6 Å². The first-order chi connectivity index (χ1) is 9.27. The van der Waals surface area contributed by atoms with Gasteiger partial charge in [0.2, 0.25) is 0 Å². The number of ether oxygens (including phenoxy) is 2. The van der Waals surface area contributed by atoms with Gasteiger partial charge in [-0.2, -0.15) is 0 Å². The van der Waals surface area contributed by atoms with Crippen molar-refractivity contribution in [3.05, 3.63) is 24.0 Å². The highest BCUT2D eigenvalue weighted by Gasteiger charge is 2.06. The predicted molar refractivity (Wildman–Crippen MR) is 73.4 cm³/mol. The van der Waals surface area contributed by atoms with Gasteiger partial charge in [-0.05, 0) is 19.1 Å². The smallest absolute Gasteiger partial charge is 0.270 e. The number of hydrogen-bond donors (Lipinski definition) is 2. The van der Waals surface area contributed by atoms with Crippen molar-refractivity contribution in [2.75, 3.05) is 45.3 Å². The van der Waals surface area contributed by atoms with Crippen molar-refractivity contribution in [3.63, 3.8) is 0 Å². The molecule has 0 atom stereocenters. The monoisotopic (exact) mass is 267 g/mol. The molecule has 1 rings (SSSR count). The molecule has 106 valence electrons. The van der Waals surface area contributed by atoms with Crippen LogP contribution in [0.25, 0.3) is 0 Å². The molecule has 2 N–H and O–H groups in total. The second kappa shape index (κ2) is 9.29. The van der Waals surface area contributed by atoms with Crippen LogP contribution >= 0.6 is 0 Å². The molecule has 1 aromatic rings. The number of pyridine rings is 1. The lowest BCUT2D eigenvalue weighted by atomic mass is 10.3. The Kier molecular flexibility index (Phi) is 7.53. The molecule has 0 aromatic carbocycles. The minimum atomic E-state index is -0.199. The number of rotatable bonds is 9. The van der Waals surface area contributed by atoms with Gasteiger partial charge in [-0.1, -0.05) is 0 Å². The molecule has 0 saturated carbocycles. The largest absolute Gasteiger partial charge is 0.385 e. The molecule has 0 unspecified atom stereocenters. The Morgan fingerprint density at radius 2 is 2.21 bits per heavy atom.